The Bertz CT molecular complexity index is 648. The van der Waals surface area contributed by atoms with Gasteiger partial charge in [-0.2, -0.15) is 17.6 Å². The highest BCUT2D eigenvalue weighted by Gasteiger charge is 2.43. The number of aliphatic hydroxyl groups excluding tert-OH is 2. The van der Waals surface area contributed by atoms with E-state index in [1.807, 2.05) is 0 Å². The summed E-state index contributed by atoms with van der Waals surface area (Å²) in [5, 5.41) is 20.0. The smallest absolute Gasteiger partial charge is 0.222 e. The molecule has 8 nitrogen and oxygen atoms in total. The molecule has 0 radical (unpaired) electrons. The highest BCUT2D eigenvalue weighted by atomic mass is 32.1. The van der Waals surface area contributed by atoms with Crippen LogP contribution in [-0.2, 0) is 4.74 Å². The molecule has 3 rings (SSSR count). The first-order valence-corrected chi connectivity index (χ1v) is 6.75. The van der Waals surface area contributed by atoms with Crippen LogP contribution in [-0.4, -0.2) is 53.8 Å². The second-order valence-electron chi connectivity index (χ2n) is 4.72. The molecule has 4 atom stereocenters. The summed E-state index contributed by atoms with van der Waals surface area (Å²) in [4.78, 5) is 12.4. The quantitative estimate of drug-likeness (QED) is 0.539. The number of fused-ring (bicyclic) bond motifs is 1. The van der Waals surface area contributed by atoms with E-state index in [4.69, 9.17) is 10.5 Å². The lowest BCUT2D eigenvalue weighted by Gasteiger charge is -2.16. The molecule has 2 aromatic rings. The molecule has 9 heteroatoms. The summed E-state index contributed by atoms with van der Waals surface area (Å²) in [6, 6.07) is 0. The van der Waals surface area contributed by atoms with E-state index in [9.17, 15) is 10.2 Å². The summed E-state index contributed by atoms with van der Waals surface area (Å²) in [6.07, 6.45) is -1.92. The molecule has 4 N–H and O–H groups in total. The van der Waals surface area contributed by atoms with Crippen LogP contribution in [0.5, 0.6) is 0 Å². The average Bonchev–Trinajstić information content (AvgIpc) is 2.93. The van der Waals surface area contributed by atoms with Gasteiger partial charge in [-0.25, -0.2) is 9.97 Å². The van der Waals surface area contributed by atoms with Crippen LogP contribution in [0.25, 0.3) is 11.2 Å². The first-order valence-electron chi connectivity index (χ1n) is 6.12. The molecular weight excluding hydrogens is 282 g/mol. The molecule has 2 aromatic heterocycles. The predicted octanol–water partition coefficient (Wildman–Crippen LogP) is -0.734. The molecule has 0 aliphatic carbocycles. The standard InChI is InChI=1S/C11H15N5O3S/c1-4-6-9(15-11(12)14-4)16(3-13-6)10-8(18)7(17)5(2-20)19-10/h3,5,7-8,10,17-18,20H,2H2,1H3,(H2,12,14,15)/t5-,7-,8-,10-/m1/s1. The van der Waals surface area contributed by atoms with Gasteiger partial charge >= 0.3 is 0 Å². The van der Waals surface area contributed by atoms with E-state index in [1.54, 1.807) is 11.5 Å². The van der Waals surface area contributed by atoms with Gasteiger partial charge in [-0.05, 0) is 6.92 Å². The number of hydrogen-bond acceptors (Lipinski definition) is 8. The van der Waals surface area contributed by atoms with Crippen molar-refractivity contribution in [2.75, 3.05) is 11.5 Å². The molecule has 108 valence electrons. The molecule has 0 unspecified atom stereocenters. The molecule has 1 fully saturated rings. The van der Waals surface area contributed by atoms with Crippen molar-refractivity contribution >= 4 is 29.7 Å². The number of ether oxygens (including phenoxy) is 1. The van der Waals surface area contributed by atoms with Crippen LogP contribution in [0.15, 0.2) is 6.33 Å². The number of nitrogens with zero attached hydrogens (tertiary/aromatic N) is 4. The van der Waals surface area contributed by atoms with E-state index in [0.717, 1.165) is 0 Å². The van der Waals surface area contributed by atoms with Crippen LogP contribution in [0, 0.1) is 6.92 Å². The number of thiol groups is 1. The third-order valence-corrected chi connectivity index (χ3v) is 3.76. The summed E-state index contributed by atoms with van der Waals surface area (Å²) in [6.45, 7) is 1.77. The van der Waals surface area contributed by atoms with Crippen LogP contribution >= 0.6 is 12.6 Å². The monoisotopic (exact) mass is 297 g/mol. The largest absolute Gasteiger partial charge is 0.387 e. The lowest BCUT2D eigenvalue weighted by molar-refractivity contribution is -0.0288. The van der Waals surface area contributed by atoms with Gasteiger partial charge in [0.05, 0.1) is 18.1 Å². The number of imidazole rings is 1. The van der Waals surface area contributed by atoms with Gasteiger partial charge in [-0.15, -0.1) is 0 Å². The van der Waals surface area contributed by atoms with Gasteiger partial charge in [0.15, 0.2) is 11.9 Å². The van der Waals surface area contributed by atoms with Crippen LogP contribution < -0.4 is 5.73 Å². The van der Waals surface area contributed by atoms with Crippen LogP contribution in [0.2, 0.25) is 0 Å². The second kappa shape index (κ2) is 4.85. The SMILES string of the molecule is Cc1nc(N)nc2c1ncn2[C@@H]1O[C@H](CS)[C@@H](O)[C@H]1O. The number of rotatable bonds is 2. The number of anilines is 1. The lowest BCUT2D eigenvalue weighted by Crippen LogP contribution is -2.32. The van der Waals surface area contributed by atoms with E-state index in [2.05, 4.69) is 27.6 Å². The molecule has 0 spiro atoms. The number of aliphatic hydroxyl groups is 2. The van der Waals surface area contributed by atoms with Crippen molar-refractivity contribution in [1.82, 2.24) is 19.5 Å². The van der Waals surface area contributed by atoms with Crippen LogP contribution in [0.1, 0.15) is 11.9 Å². The Hall–Kier alpha value is -1.42. The van der Waals surface area contributed by atoms with Gasteiger partial charge < -0.3 is 20.7 Å². The third-order valence-electron chi connectivity index (χ3n) is 3.40. The predicted molar refractivity (Wildman–Crippen MR) is 74.2 cm³/mol. The van der Waals surface area contributed by atoms with E-state index in [1.165, 1.54) is 6.33 Å². The molecule has 3 heterocycles. The summed E-state index contributed by atoms with van der Waals surface area (Å²) < 4.78 is 7.17. The fourth-order valence-electron chi connectivity index (χ4n) is 2.37. The number of hydrogen-bond donors (Lipinski definition) is 4. The highest BCUT2D eigenvalue weighted by Crippen LogP contribution is 2.32. The van der Waals surface area contributed by atoms with Gasteiger partial charge in [0, 0.05) is 5.75 Å². The molecule has 0 saturated carbocycles. The van der Waals surface area contributed by atoms with E-state index in [-0.39, 0.29) is 5.95 Å². The fraction of sp³-hybridized carbons (Fsp3) is 0.545. The summed E-state index contributed by atoms with van der Waals surface area (Å²) >= 11 is 4.09. The average molecular weight is 297 g/mol. The van der Waals surface area contributed by atoms with E-state index < -0.39 is 24.5 Å². The number of aryl methyl sites for hydroxylation is 1. The Morgan fingerprint density at radius 3 is 2.80 bits per heavy atom. The molecule has 1 saturated heterocycles. The first kappa shape index (κ1) is 13.6. The van der Waals surface area contributed by atoms with Crippen molar-refractivity contribution in [2.24, 2.45) is 0 Å². The maximum atomic E-state index is 10.1. The number of nitrogen functional groups attached to an aromatic ring is 1. The molecule has 1 aliphatic heterocycles. The topological polar surface area (TPSA) is 119 Å². The fourth-order valence-corrected chi connectivity index (χ4v) is 2.68. The van der Waals surface area contributed by atoms with Gasteiger partial charge in [0.1, 0.15) is 17.7 Å². The van der Waals surface area contributed by atoms with Gasteiger partial charge in [-0.1, -0.05) is 0 Å². The minimum atomic E-state index is -1.08. The summed E-state index contributed by atoms with van der Waals surface area (Å²) in [5.74, 6) is 0.424. The third kappa shape index (κ3) is 1.94. The van der Waals surface area contributed by atoms with Gasteiger partial charge in [0.2, 0.25) is 5.95 Å². The van der Waals surface area contributed by atoms with Gasteiger partial charge in [0.25, 0.3) is 0 Å². The van der Waals surface area contributed by atoms with Crippen molar-refractivity contribution in [3.63, 3.8) is 0 Å². The summed E-state index contributed by atoms with van der Waals surface area (Å²) in [7, 11) is 0. The van der Waals surface area contributed by atoms with E-state index in [0.29, 0.717) is 22.6 Å². The Labute approximate surface area is 120 Å². The maximum Gasteiger partial charge on any atom is 0.222 e. The first-order chi connectivity index (χ1) is 9.52. The minimum Gasteiger partial charge on any atom is -0.387 e. The zero-order chi connectivity index (χ0) is 14.4. The summed E-state index contributed by atoms with van der Waals surface area (Å²) in [5.41, 5.74) is 7.33. The van der Waals surface area contributed by atoms with Crippen LogP contribution in [0.3, 0.4) is 0 Å². The minimum absolute atomic E-state index is 0.121. The zero-order valence-electron chi connectivity index (χ0n) is 10.7. The van der Waals surface area contributed by atoms with Crippen molar-refractivity contribution in [3.05, 3.63) is 12.0 Å². The van der Waals surface area contributed by atoms with Gasteiger partial charge in [-0.3, -0.25) is 4.57 Å². The normalized spacial score (nSPS) is 30.2. The molecule has 0 aromatic carbocycles. The van der Waals surface area contributed by atoms with Crippen molar-refractivity contribution in [3.8, 4) is 0 Å². The molecule has 20 heavy (non-hydrogen) atoms. The van der Waals surface area contributed by atoms with Crippen molar-refractivity contribution in [2.45, 2.75) is 31.5 Å². The van der Waals surface area contributed by atoms with E-state index >= 15 is 0 Å². The van der Waals surface area contributed by atoms with Crippen LogP contribution in [0.4, 0.5) is 5.95 Å². The highest BCUT2D eigenvalue weighted by molar-refractivity contribution is 7.80. The maximum absolute atomic E-state index is 10.1. The Kier molecular flexibility index (Phi) is 3.28. The van der Waals surface area contributed by atoms with Crippen molar-refractivity contribution in [1.29, 1.82) is 0 Å². The van der Waals surface area contributed by atoms with Crippen molar-refractivity contribution < 1.29 is 14.9 Å². The lowest BCUT2D eigenvalue weighted by atomic mass is 10.1. The number of nitrogens with two attached hydrogens (primary N) is 1. The Morgan fingerprint density at radius 2 is 2.15 bits per heavy atom. The second-order valence-corrected chi connectivity index (χ2v) is 5.09. The molecule has 0 amide bonds. The molecular formula is C11H15N5O3S. The molecule has 1 aliphatic rings. The Balaban J connectivity index is 2.07. The molecule has 0 bridgehead atoms. The Morgan fingerprint density at radius 1 is 1.40 bits per heavy atom. The number of aromatic nitrogens is 4. The zero-order valence-corrected chi connectivity index (χ0v) is 11.6.